The van der Waals surface area contributed by atoms with Crippen molar-refractivity contribution in [2.45, 2.75) is 33.2 Å². The molecule has 7 nitrogen and oxygen atoms in total. The number of hydrogen-bond acceptors (Lipinski definition) is 7. The summed E-state index contributed by atoms with van der Waals surface area (Å²) in [5.74, 6) is -0.0867. The molecule has 0 unspecified atom stereocenters. The molecule has 0 aliphatic heterocycles. The van der Waals surface area contributed by atoms with Gasteiger partial charge in [0.25, 0.3) is 0 Å². The first-order valence-electron chi connectivity index (χ1n) is 7.81. The lowest BCUT2D eigenvalue weighted by Gasteiger charge is -2.24. The van der Waals surface area contributed by atoms with Crippen LogP contribution in [0.2, 0.25) is 0 Å². The van der Waals surface area contributed by atoms with Crippen molar-refractivity contribution in [3.63, 3.8) is 0 Å². The highest BCUT2D eigenvalue weighted by atomic mass is 16.5. The van der Waals surface area contributed by atoms with E-state index in [0.717, 1.165) is 5.56 Å². The quantitative estimate of drug-likeness (QED) is 0.612. The summed E-state index contributed by atoms with van der Waals surface area (Å²) in [6.07, 6.45) is 1.60. The van der Waals surface area contributed by atoms with Crippen LogP contribution >= 0.6 is 0 Å². The molecule has 2 rings (SSSR count). The Hall–Kier alpha value is -2.96. The van der Waals surface area contributed by atoms with Crippen molar-refractivity contribution >= 4 is 28.8 Å². The Morgan fingerprint density at radius 3 is 2.52 bits per heavy atom. The minimum absolute atomic E-state index is 0.286. The van der Waals surface area contributed by atoms with Gasteiger partial charge in [-0.15, -0.1) is 4.91 Å². The molecule has 0 aliphatic carbocycles. The topological polar surface area (TPSA) is 92.7 Å². The number of hydrogen-bond donors (Lipinski definition) is 2. The SMILES string of the molecule is COC(=O)c1c(Nc2cc(N=O)ccc2C)ccnc1NC(C)(C)C. The summed E-state index contributed by atoms with van der Waals surface area (Å²) < 4.78 is 4.92. The average molecular weight is 342 g/mol. The number of aromatic nitrogens is 1. The number of carbonyl (C=O) groups is 1. The molecule has 0 saturated carbocycles. The number of rotatable bonds is 5. The van der Waals surface area contributed by atoms with Gasteiger partial charge in [0.15, 0.2) is 0 Å². The van der Waals surface area contributed by atoms with Crippen LogP contribution in [0.3, 0.4) is 0 Å². The normalized spacial score (nSPS) is 10.9. The fourth-order valence-corrected chi connectivity index (χ4v) is 2.27. The van der Waals surface area contributed by atoms with E-state index in [2.05, 4.69) is 20.8 Å². The Labute approximate surface area is 146 Å². The first-order valence-corrected chi connectivity index (χ1v) is 7.81. The molecule has 0 atom stereocenters. The lowest BCUT2D eigenvalue weighted by molar-refractivity contribution is 0.0602. The van der Waals surface area contributed by atoms with Gasteiger partial charge in [-0.1, -0.05) is 6.07 Å². The molecule has 2 aromatic rings. The van der Waals surface area contributed by atoms with E-state index in [0.29, 0.717) is 28.4 Å². The first-order chi connectivity index (χ1) is 11.7. The maximum atomic E-state index is 12.3. The number of nitrogens with one attached hydrogen (secondary N) is 2. The summed E-state index contributed by atoms with van der Waals surface area (Å²) in [5, 5.41) is 9.33. The van der Waals surface area contributed by atoms with Gasteiger partial charge in [-0.05, 0) is 56.6 Å². The van der Waals surface area contributed by atoms with Gasteiger partial charge in [0.2, 0.25) is 0 Å². The fraction of sp³-hybridized carbons (Fsp3) is 0.333. The van der Waals surface area contributed by atoms with Gasteiger partial charge in [0, 0.05) is 17.4 Å². The minimum Gasteiger partial charge on any atom is -0.465 e. The molecule has 0 bridgehead atoms. The number of methoxy groups -OCH3 is 1. The number of benzene rings is 1. The zero-order chi connectivity index (χ0) is 18.6. The van der Waals surface area contributed by atoms with Gasteiger partial charge < -0.3 is 15.4 Å². The number of pyridine rings is 1. The van der Waals surface area contributed by atoms with Crippen molar-refractivity contribution in [3.05, 3.63) is 46.5 Å². The van der Waals surface area contributed by atoms with E-state index >= 15 is 0 Å². The van der Waals surface area contributed by atoms with E-state index in [1.54, 1.807) is 30.5 Å². The van der Waals surface area contributed by atoms with Crippen molar-refractivity contribution in [1.29, 1.82) is 0 Å². The highest BCUT2D eigenvalue weighted by Crippen LogP contribution is 2.31. The van der Waals surface area contributed by atoms with Gasteiger partial charge in [-0.2, -0.15) is 0 Å². The van der Waals surface area contributed by atoms with E-state index in [1.165, 1.54) is 7.11 Å². The van der Waals surface area contributed by atoms with E-state index in [-0.39, 0.29) is 5.54 Å². The van der Waals surface area contributed by atoms with Gasteiger partial charge >= 0.3 is 5.97 Å². The first kappa shape index (κ1) is 18.4. The van der Waals surface area contributed by atoms with Gasteiger partial charge in [0.05, 0.1) is 12.8 Å². The third kappa shape index (κ3) is 4.53. The molecule has 0 saturated heterocycles. The number of ether oxygens (including phenoxy) is 1. The molecule has 7 heteroatoms. The zero-order valence-electron chi connectivity index (χ0n) is 15.0. The number of anilines is 3. The molecule has 2 N–H and O–H groups in total. The lowest BCUT2D eigenvalue weighted by Crippen LogP contribution is -2.28. The van der Waals surface area contributed by atoms with Gasteiger partial charge in [-0.3, -0.25) is 0 Å². The molecule has 1 aromatic heterocycles. The van der Waals surface area contributed by atoms with E-state index in [4.69, 9.17) is 4.74 Å². The molecule has 0 radical (unpaired) electrons. The van der Waals surface area contributed by atoms with E-state index in [1.807, 2.05) is 27.7 Å². The van der Waals surface area contributed by atoms with Crippen LogP contribution in [0.25, 0.3) is 0 Å². The van der Waals surface area contributed by atoms with E-state index < -0.39 is 5.97 Å². The molecule has 0 spiro atoms. The highest BCUT2D eigenvalue weighted by Gasteiger charge is 2.22. The smallest absolute Gasteiger partial charge is 0.343 e. The monoisotopic (exact) mass is 342 g/mol. The minimum atomic E-state index is -0.510. The fourth-order valence-electron chi connectivity index (χ4n) is 2.27. The van der Waals surface area contributed by atoms with Crippen molar-refractivity contribution in [2.75, 3.05) is 17.7 Å². The zero-order valence-corrected chi connectivity index (χ0v) is 15.0. The number of aryl methyl sites for hydroxylation is 1. The third-order valence-electron chi connectivity index (χ3n) is 3.43. The third-order valence-corrected chi connectivity index (χ3v) is 3.43. The summed E-state index contributed by atoms with van der Waals surface area (Å²) in [6.45, 7) is 7.81. The summed E-state index contributed by atoms with van der Waals surface area (Å²) in [5.41, 5.74) is 2.42. The van der Waals surface area contributed by atoms with Crippen LogP contribution in [-0.2, 0) is 4.74 Å². The number of nitrogens with zero attached hydrogens (tertiary/aromatic N) is 2. The number of nitroso groups, excluding NO2 is 1. The Kier molecular flexibility index (Phi) is 5.36. The molecular formula is C18H22N4O3. The molecule has 0 fully saturated rings. The van der Waals surface area contributed by atoms with Crippen LogP contribution in [-0.4, -0.2) is 23.6 Å². The van der Waals surface area contributed by atoms with Crippen LogP contribution in [0, 0.1) is 11.8 Å². The number of carbonyl (C=O) groups excluding carboxylic acids is 1. The second-order valence-corrected chi connectivity index (χ2v) is 6.66. The van der Waals surface area contributed by atoms with Gasteiger partial charge in [0.1, 0.15) is 17.1 Å². The second kappa shape index (κ2) is 7.29. The Morgan fingerprint density at radius 1 is 1.20 bits per heavy atom. The molecule has 132 valence electrons. The van der Waals surface area contributed by atoms with Crippen LogP contribution < -0.4 is 10.6 Å². The Balaban J connectivity index is 2.52. The molecule has 1 heterocycles. The van der Waals surface area contributed by atoms with Crippen LogP contribution in [0.15, 0.2) is 35.6 Å². The Bertz CT molecular complexity index is 797. The molecule has 0 amide bonds. The van der Waals surface area contributed by atoms with E-state index in [9.17, 15) is 9.70 Å². The average Bonchev–Trinajstić information content (AvgIpc) is 2.55. The van der Waals surface area contributed by atoms with Crippen molar-refractivity contribution in [1.82, 2.24) is 4.98 Å². The number of esters is 1. The van der Waals surface area contributed by atoms with Crippen molar-refractivity contribution in [2.24, 2.45) is 5.18 Å². The summed E-state index contributed by atoms with van der Waals surface area (Å²) in [4.78, 5) is 27.4. The summed E-state index contributed by atoms with van der Waals surface area (Å²) >= 11 is 0. The molecule has 25 heavy (non-hydrogen) atoms. The van der Waals surface area contributed by atoms with Crippen molar-refractivity contribution < 1.29 is 9.53 Å². The predicted octanol–water partition coefficient (Wildman–Crippen LogP) is 4.53. The van der Waals surface area contributed by atoms with Crippen LogP contribution in [0.4, 0.5) is 22.9 Å². The van der Waals surface area contributed by atoms with Crippen molar-refractivity contribution in [3.8, 4) is 0 Å². The molecule has 0 aliphatic rings. The second-order valence-electron chi connectivity index (χ2n) is 6.66. The molecular weight excluding hydrogens is 320 g/mol. The predicted molar refractivity (Wildman–Crippen MR) is 98.9 cm³/mol. The van der Waals surface area contributed by atoms with Gasteiger partial charge in [-0.25, -0.2) is 9.78 Å². The van der Waals surface area contributed by atoms with Crippen LogP contribution in [0.5, 0.6) is 0 Å². The standard InChI is InChI=1S/C18H22N4O3/c1-11-6-7-12(22-24)10-14(11)20-13-8-9-19-16(21-18(2,3)4)15(13)17(23)25-5/h6-10H,1-5H3,(H2,19,20,21). The highest BCUT2D eigenvalue weighted by molar-refractivity contribution is 6.01. The van der Waals surface area contributed by atoms with Crippen LogP contribution in [0.1, 0.15) is 36.7 Å². The summed E-state index contributed by atoms with van der Waals surface area (Å²) in [7, 11) is 1.32. The lowest BCUT2D eigenvalue weighted by atomic mass is 10.1. The largest absolute Gasteiger partial charge is 0.465 e. The maximum absolute atomic E-state index is 12.3. The molecule has 1 aromatic carbocycles. The maximum Gasteiger partial charge on any atom is 0.343 e. The Morgan fingerprint density at radius 2 is 1.92 bits per heavy atom. The summed E-state index contributed by atoms with van der Waals surface area (Å²) in [6, 6.07) is 6.72.